The SMILES string of the molecule is Cl.c1ccc2c(c1)CCN(CCC1CCNCC1)C2. The van der Waals surface area contributed by atoms with Gasteiger partial charge < -0.3 is 5.32 Å². The molecule has 1 fully saturated rings. The van der Waals surface area contributed by atoms with E-state index in [1.54, 1.807) is 11.1 Å². The second-order valence-corrected chi connectivity index (χ2v) is 5.78. The van der Waals surface area contributed by atoms with Crippen LogP contribution in [0.15, 0.2) is 24.3 Å². The van der Waals surface area contributed by atoms with Gasteiger partial charge in [-0.1, -0.05) is 24.3 Å². The zero-order chi connectivity index (χ0) is 12.2. The summed E-state index contributed by atoms with van der Waals surface area (Å²) in [7, 11) is 0. The Morgan fingerprint density at radius 1 is 1.11 bits per heavy atom. The highest BCUT2D eigenvalue weighted by Crippen LogP contribution is 2.21. The molecule has 106 valence electrons. The Bertz CT molecular complexity index is 388. The molecule has 1 N–H and O–H groups in total. The van der Waals surface area contributed by atoms with E-state index in [0.717, 1.165) is 5.92 Å². The zero-order valence-corrected chi connectivity index (χ0v) is 12.4. The van der Waals surface area contributed by atoms with E-state index < -0.39 is 0 Å². The number of nitrogens with zero attached hydrogens (tertiary/aromatic N) is 1. The fourth-order valence-electron chi connectivity index (χ4n) is 3.28. The van der Waals surface area contributed by atoms with Gasteiger partial charge in [-0.15, -0.1) is 12.4 Å². The molecule has 2 heterocycles. The van der Waals surface area contributed by atoms with Gasteiger partial charge in [0, 0.05) is 13.1 Å². The minimum Gasteiger partial charge on any atom is -0.317 e. The minimum absolute atomic E-state index is 0. The molecule has 0 bridgehead atoms. The molecule has 0 unspecified atom stereocenters. The number of hydrogen-bond acceptors (Lipinski definition) is 2. The molecule has 0 aliphatic carbocycles. The van der Waals surface area contributed by atoms with Gasteiger partial charge in [-0.05, 0) is 62.4 Å². The summed E-state index contributed by atoms with van der Waals surface area (Å²) < 4.78 is 0. The van der Waals surface area contributed by atoms with E-state index >= 15 is 0 Å². The van der Waals surface area contributed by atoms with E-state index in [9.17, 15) is 0 Å². The summed E-state index contributed by atoms with van der Waals surface area (Å²) in [6, 6.07) is 8.93. The molecule has 2 aliphatic heterocycles. The molecule has 0 radical (unpaired) electrons. The van der Waals surface area contributed by atoms with Crippen LogP contribution in [0, 0.1) is 5.92 Å². The normalized spacial score (nSPS) is 20.6. The maximum Gasteiger partial charge on any atom is 0.0236 e. The largest absolute Gasteiger partial charge is 0.317 e. The summed E-state index contributed by atoms with van der Waals surface area (Å²) in [5, 5.41) is 3.45. The molecule has 1 aromatic rings. The highest BCUT2D eigenvalue weighted by Gasteiger charge is 2.18. The lowest BCUT2D eigenvalue weighted by molar-refractivity contribution is 0.220. The van der Waals surface area contributed by atoms with Crippen LogP contribution in [0.5, 0.6) is 0 Å². The first kappa shape index (κ1) is 14.8. The maximum atomic E-state index is 3.45. The van der Waals surface area contributed by atoms with Gasteiger partial charge >= 0.3 is 0 Å². The average Bonchev–Trinajstić information content (AvgIpc) is 2.46. The van der Waals surface area contributed by atoms with E-state index in [4.69, 9.17) is 0 Å². The Kier molecular flexibility index (Phi) is 5.68. The molecular formula is C16H25ClN2. The summed E-state index contributed by atoms with van der Waals surface area (Å²) in [4.78, 5) is 2.64. The fraction of sp³-hybridized carbons (Fsp3) is 0.625. The standard InChI is InChI=1S/C16H24N2.ClH/c1-2-4-16-13-18(12-8-15(16)3-1)11-7-14-5-9-17-10-6-14;/h1-4,14,17H,5-13H2;1H. The van der Waals surface area contributed by atoms with Gasteiger partial charge in [-0.3, -0.25) is 4.90 Å². The number of hydrogen-bond donors (Lipinski definition) is 1. The van der Waals surface area contributed by atoms with Gasteiger partial charge in [0.25, 0.3) is 0 Å². The predicted octanol–water partition coefficient (Wildman–Crippen LogP) is 2.86. The second-order valence-electron chi connectivity index (χ2n) is 5.78. The van der Waals surface area contributed by atoms with Crippen molar-refractivity contribution >= 4 is 12.4 Å². The first-order valence-electron chi connectivity index (χ1n) is 7.41. The molecule has 0 atom stereocenters. The van der Waals surface area contributed by atoms with Crippen LogP contribution >= 0.6 is 12.4 Å². The highest BCUT2D eigenvalue weighted by molar-refractivity contribution is 5.85. The Labute approximate surface area is 123 Å². The van der Waals surface area contributed by atoms with Crippen molar-refractivity contribution in [3.8, 4) is 0 Å². The van der Waals surface area contributed by atoms with E-state index in [2.05, 4.69) is 34.5 Å². The summed E-state index contributed by atoms with van der Waals surface area (Å²) in [6.45, 7) is 6.17. The molecule has 0 saturated carbocycles. The van der Waals surface area contributed by atoms with E-state index in [1.165, 1.54) is 58.4 Å². The molecule has 0 aromatic heterocycles. The predicted molar refractivity (Wildman–Crippen MR) is 82.9 cm³/mol. The number of benzene rings is 1. The topological polar surface area (TPSA) is 15.3 Å². The van der Waals surface area contributed by atoms with Crippen LogP contribution in [0.25, 0.3) is 0 Å². The summed E-state index contributed by atoms with van der Waals surface area (Å²) in [5.74, 6) is 0.962. The van der Waals surface area contributed by atoms with Crippen molar-refractivity contribution in [2.75, 3.05) is 26.2 Å². The lowest BCUT2D eigenvalue weighted by Crippen LogP contribution is -2.34. The second kappa shape index (κ2) is 7.28. The Balaban J connectivity index is 0.00000133. The average molecular weight is 281 g/mol. The lowest BCUT2D eigenvalue weighted by Gasteiger charge is -2.31. The van der Waals surface area contributed by atoms with Gasteiger partial charge in [-0.2, -0.15) is 0 Å². The van der Waals surface area contributed by atoms with Crippen molar-refractivity contribution in [2.24, 2.45) is 5.92 Å². The van der Waals surface area contributed by atoms with Gasteiger partial charge in [-0.25, -0.2) is 0 Å². The summed E-state index contributed by atoms with van der Waals surface area (Å²) in [5.41, 5.74) is 3.12. The van der Waals surface area contributed by atoms with Crippen LogP contribution in [-0.2, 0) is 13.0 Å². The monoisotopic (exact) mass is 280 g/mol. The van der Waals surface area contributed by atoms with Crippen molar-refractivity contribution in [1.82, 2.24) is 10.2 Å². The lowest BCUT2D eigenvalue weighted by atomic mass is 9.93. The van der Waals surface area contributed by atoms with Gasteiger partial charge in [0.1, 0.15) is 0 Å². The van der Waals surface area contributed by atoms with Crippen LogP contribution in [0.1, 0.15) is 30.4 Å². The Morgan fingerprint density at radius 3 is 2.63 bits per heavy atom. The number of rotatable bonds is 3. The summed E-state index contributed by atoms with van der Waals surface area (Å²) >= 11 is 0. The molecular weight excluding hydrogens is 256 g/mol. The van der Waals surface area contributed by atoms with E-state index in [1.807, 2.05) is 0 Å². The molecule has 3 rings (SSSR count). The molecule has 2 aliphatic rings. The summed E-state index contributed by atoms with van der Waals surface area (Å²) in [6.07, 6.45) is 5.39. The zero-order valence-electron chi connectivity index (χ0n) is 11.6. The molecule has 19 heavy (non-hydrogen) atoms. The van der Waals surface area contributed by atoms with Crippen molar-refractivity contribution in [3.05, 3.63) is 35.4 Å². The Hall–Kier alpha value is -0.570. The molecule has 0 spiro atoms. The number of piperidine rings is 1. The van der Waals surface area contributed by atoms with Crippen LogP contribution < -0.4 is 5.32 Å². The third-order valence-electron chi connectivity index (χ3n) is 4.52. The van der Waals surface area contributed by atoms with Gasteiger partial charge in [0.2, 0.25) is 0 Å². The molecule has 0 amide bonds. The van der Waals surface area contributed by atoms with Gasteiger partial charge in [0.05, 0.1) is 0 Å². The quantitative estimate of drug-likeness (QED) is 0.916. The van der Waals surface area contributed by atoms with Crippen LogP contribution in [0.4, 0.5) is 0 Å². The van der Waals surface area contributed by atoms with E-state index in [-0.39, 0.29) is 12.4 Å². The third kappa shape index (κ3) is 3.95. The van der Waals surface area contributed by atoms with Crippen LogP contribution in [0.3, 0.4) is 0 Å². The molecule has 1 aromatic carbocycles. The van der Waals surface area contributed by atoms with Crippen molar-refractivity contribution in [2.45, 2.75) is 32.2 Å². The number of fused-ring (bicyclic) bond motifs is 1. The Morgan fingerprint density at radius 2 is 1.84 bits per heavy atom. The van der Waals surface area contributed by atoms with Crippen molar-refractivity contribution in [3.63, 3.8) is 0 Å². The maximum absolute atomic E-state index is 3.45. The number of nitrogens with one attached hydrogen (secondary N) is 1. The van der Waals surface area contributed by atoms with Crippen molar-refractivity contribution in [1.29, 1.82) is 0 Å². The van der Waals surface area contributed by atoms with Crippen LogP contribution in [-0.4, -0.2) is 31.1 Å². The highest BCUT2D eigenvalue weighted by atomic mass is 35.5. The van der Waals surface area contributed by atoms with E-state index in [0.29, 0.717) is 0 Å². The minimum atomic E-state index is 0. The fourth-order valence-corrected chi connectivity index (χ4v) is 3.28. The molecule has 3 heteroatoms. The number of halogens is 1. The molecule has 1 saturated heterocycles. The van der Waals surface area contributed by atoms with Crippen LogP contribution in [0.2, 0.25) is 0 Å². The first-order chi connectivity index (χ1) is 8.92. The molecule has 2 nitrogen and oxygen atoms in total. The van der Waals surface area contributed by atoms with Crippen molar-refractivity contribution < 1.29 is 0 Å². The smallest absolute Gasteiger partial charge is 0.0236 e. The van der Waals surface area contributed by atoms with Gasteiger partial charge in [0.15, 0.2) is 0 Å². The first-order valence-corrected chi connectivity index (χ1v) is 7.41. The third-order valence-corrected chi connectivity index (χ3v) is 4.52.